The Labute approximate surface area is 190 Å². The van der Waals surface area contributed by atoms with E-state index >= 15 is 0 Å². The van der Waals surface area contributed by atoms with Gasteiger partial charge in [0.05, 0.1) is 24.9 Å². The second-order valence-electron chi connectivity index (χ2n) is 7.17. The molecule has 1 aromatic heterocycles. The van der Waals surface area contributed by atoms with Crippen LogP contribution in [0.2, 0.25) is 0 Å². The van der Waals surface area contributed by atoms with E-state index in [-0.39, 0.29) is 24.9 Å². The van der Waals surface area contributed by atoms with Gasteiger partial charge in [-0.2, -0.15) is 0 Å². The summed E-state index contributed by atoms with van der Waals surface area (Å²) in [4.78, 5) is 30.7. The van der Waals surface area contributed by atoms with Crippen molar-refractivity contribution in [1.82, 2.24) is 4.98 Å². The molecule has 1 heterocycles. The normalized spacial score (nSPS) is 10.7. The number of ether oxygens (including phenoxy) is 2. The number of rotatable bonds is 7. The monoisotopic (exact) mass is 446 g/mol. The molecule has 0 N–H and O–H groups in total. The predicted octanol–water partition coefficient (Wildman–Crippen LogP) is 5.28. The Morgan fingerprint density at radius 3 is 2.53 bits per heavy atom. The summed E-state index contributed by atoms with van der Waals surface area (Å²) in [6.45, 7) is 1.51. The average Bonchev–Trinajstić information content (AvgIpc) is 3.26. The molecule has 0 aliphatic rings. The molecule has 1 amide bonds. The number of amides is 1. The van der Waals surface area contributed by atoms with Crippen molar-refractivity contribution in [3.63, 3.8) is 0 Å². The number of benzene rings is 3. The Balaban J connectivity index is 1.42. The number of carbonyl (C=O) groups excluding carboxylic acids is 2. The molecular formula is C25H22N2O4S. The molecule has 162 valence electrons. The molecule has 0 radical (unpaired) electrons. The molecule has 6 nitrogen and oxygen atoms in total. The molecule has 0 spiro atoms. The maximum Gasteiger partial charge on any atom is 0.310 e. The number of hydrogen-bond donors (Lipinski definition) is 0. The molecule has 0 saturated heterocycles. The lowest BCUT2D eigenvalue weighted by atomic mass is 10.1. The van der Waals surface area contributed by atoms with Gasteiger partial charge in [0.2, 0.25) is 5.91 Å². The summed E-state index contributed by atoms with van der Waals surface area (Å²) in [5, 5.41) is 4.49. The SMILES string of the molecule is COc1ccccc1N(C(C)=O)c1nc(COC(=O)Cc2ccc3ccccc3c2)cs1. The van der Waals surface area contributed by atoms with E-state index in [1.165, 1.54) is 23.2 Å². The van der Waals surface area contributed by atoms with Crippen LogP contribution in [0.1, 0.15) is 18.2 Å². The smallest absolute Gasteiger partial charge is 0.310 e. The van der Waals surface area contributed by atoms with Crippen molar-refractivity contribution in [3.8, 4) is 5.75 Å². The zero-order chi connectivity index (χ0) is 22.5. The van der Waals surface area contributed by atoms with Crippen molar-refractivity contribution < 1.29 is 19.1 Å². The van der Waals surface area contributed by atoms with Crippen LogP contribution in [0.15, 0.2) is 72.1 Å². The van der Waals surface area contributed by atoms with Crippen LogP contribution in [0, 0.1) is 0 Å². The van der Waals surface area contributed by atoms with Gasteiger partial charge in [0.1, 0.15) is 12.4 Å². The first-order valence-corrected chi connectivity index (χ1v) is 10.9. The van der Waals surface area contributed by atoms with Gasteiger partial charge in [0.15, 0.2) is 5.13 Å². The standard InChI is InChI=1S/C25H22N2O4S/c1-17(28)27(22-9-5-6-10-23(22)30-2)25-26-21(16-32-25)15-31-24(29)14-18-11-12-19-7-3-4-8-20(19)13-18/h3-13,16H,14-15H2,1-2H3. The number of thiazole rings is 1. The summed E-state index contributed by atoms with van der Waals surface area (Å²) in [5.74, 6) is 0.0490. The molecular weight excluding hydrogens is 424 g/mol. The molecule has 4 aromatic rings. The van der Waals surface area contributed by atoms with Crippen LogP contribution in [0.5, 0.6) is 5.75 Å². The minimum absolute atomic E-state index is 0.0422. The summed E-state index contributed by atoms with van der Waals surface area (Å²) >= 11 is 1.30. The predicted molar refractivity (Wildman–Crippen MR) is 125 cm³/mol. The molecule has 0 aliphatic heterocycles. The zero-order valence-electron chi connectivity index (χ0n) is 17.8. The van der Waals surface area contributed by atoms with E-state index in [4.69, 9.17) is 9.47 Å². The van der Waals surface area contributed by atoms with Gasteiger partial charge in [-0.1, -0.05) is 54.6 Å². The van der Waals surface area contributed by atoms with Gasteiger partial charge in [0.25, 0.3) is 0 Å². The highest BCUT2D eigenvalue weighted by Crippen LogP contribution is 2.35. The summed E-state index contributed by atoms with van der Waals surface area (Å²) in [7, 11) is 1.55. The van der Waals surface area contributed by atoms with Gasteiger partial charge in [0, 0.05) is 12.3 Å². The van der Waals surface area contributed by atoms with E-state index in [1.54, 1.807) is 24.6 Å². The fourth-order valence-corrected chi connectivity index (χ4v) is 4.27. The minimum atomic E-state index is -0.331. The third-order valence-electron chi connectivity index (χ3n) is 4.92. The van der Waals surface area contributed by atoms with Gasteiger partial charge >= 0.3 is 5.97 Å². The van der Waals surface area contributed by atoms with E-state index in [0.29, 0.717) is 22.3 Å². The molecule has 7 heteroatoms. The Bertz CT molecular complexity index is 1270. The highest BCUT2D eigenvalue weighted by atomic mass is 32.1. The van der Waals surface area contributed by atoms with Crippen molar-refractivity contribution in [3.05, 3.63) is 83.4 Å². The first kappa shape index (κ1) is 21.5. The molecule has 0 saturated carbocycles. The number of anilines is 2. The average molecular weight is 447 g/mol. The van der Waals surface area contributed by atoms with Crippen molar-refractivity contribution in [2.24, 2.45) is 0 Å². The van der Waals surface area contributed by atoms with E-state index in [9.17, 15) is 9.59 Å². The van der Waals surface area contributed by atoms with E-state index in [0.717, 1.165) is 16.3 Å². The molecule has 32 heavy (non-hydrogen) atoms. The summed E-state index contributed by atoms with van der Waals surface area (Å²) in [5.41, 5.74) is 2.08. The Morgan fingerprint density at radius 1 is 1.00 bits per heavy atom. The number of para-hydroxylation sites is 2. The summed E-state index contributed by atoms with van der Waals surface area (Å²) in [6, 6.07) is 21.2. The Kier molecular flexibility index (Phi) is 6.47. The van der Waals surface area contributed by atoms with Crippen LogP contribution >= 0.6 is 11.3 Å². The molecule has 0 atom stereocenters. The van der Waals surface area contributed by atoms with E-state index < -0.39 is 0 Å². The Hall–Kier alpha value is -3.71. The fraction of sp³-hybridized carbons (Fsp3) is 0.160. The first-order valence-electron chi connectivity index (χ1n) is 10.1. The maximum absolute atomic E-state index is 12.3. The summed E-state index contributed by atoms with van der Waals surface area (Å²) in [6.07, 6.45) is 0.183. The molecule has 0 unspecified atom stereocenters. The van der Waals surface area contributed by atoms with Crippen molar-refractivity contribution in [2.75, 3.05) is 12.0 Å². The number of esters is 1. The first-order chi connectivity index (χ1) is 15.5. The van der Waals surface area contributed by atoms with Crippen LogP contribution in [-0.2, 0) is 27.4 Å². The number of hydrogen-bond acceptors (Lipinski definition) is 6. The molecule has 0 fully saturated rings. The zero-order valence-corrected chi connectivity index (χ0v) is 18.6. The van der Waals surface area contributed by atoms with Crippen LogP contribution < -0.4 is 9.64 Å². The van der Waals surface area contributed by atoms with Crippen molar-refractivity contribution in [2.45, 2.75) is 20.0 Å². The number of aromatic nitrogens is 1. The maximum atomic E-state index is 12.3. The lowest BCUT2D eigenvalue weighted by Gasteiger charge is -2.20. The van der Waals surface area contributed by atoms with Crippen LogP contribution in [0.4, 0.5) is 10.8 Å². The Morgan fingerprint density at radius 2 is 1.75 bits per heavy atom. The molecule has 0 aliphatic carbocycles. The molecule has 3 aromatic carbocycles. The highest BCUT2D eigenvalue weighted by molar-refractivity contribution is 7.14. The lowest BCUT2D eigenvalue weighted by molar-refractivity contribution is -0.144. The second-order valence-corrected chi connectivity index (χ2v) is 8.00. The topological polar surface area (TPSA) is 68.7 Å². The number of nitrogens with zero attached hydrogens (tertiary/aromatic N) is 2. The number of fused-ring (bicyclic) bond motifs is 1. The van der Waals surface area contributed by atoms with Gasteiger partial charge in [-0.05, 0) is 28.5 Å². The van der Waals surface area contributed by atoms with Crippen molar-refractivity contribution >= 4 is 44.8 Å². The van der Waals surface area contributed by atoms with E-state index in [1.807, 2.05) is 54.6 Å². The summed E-state index contributed by atoms with van der Waals surface area (Å²) < 4.78 is 10.8. The van der Waals surface area contributed by atoms with E-state index in [2.05, 4.69) is 4.98 Å². The molecule has 0 bridgehead atoms. The minimum Gasteiger partial charge on any atom is -0.495 e. The second kappa shape index (κ2) is 9.62. The van der Waals surface area contributed by atoms with Gasteiger partial charge in [-0.25, -0.2) is 4.98 Å². The van der Waals surface area contributed by atoms with Crippen LogP contribution in [0.3, 0.4) is 0 Å². The van der Waals surface area contributed by atoms with Crippen LogP contribution in [-0.4, -0.2) is 24.0 Å². The third-order valence-corrected chi connectivity index (χ3v) is 5.79. The largest absolute Gasteiger partial charge is 0.495 e. The van der Waals surface area contributed by atoms with Gasteiger partial charge in [-0.3, -0.25) is 14.5 Å². The lowest BCUT2D eigenvalue weighted by Crippen LogP contribution is -2.23. The quantitative estimate of drug-likeness (QED) is 0.362. The van der Waals surface area contributed by atoms with Crippen molar-refractivity contribution in [1.29, 1.82) is 0 Å². The number of carbonyl (C=O) groups is 2. The highest BCUT2D eigenvalue weighted by Gasteiger charge is 2.21. The molecule has 4 rings (SSSR count). The number of methoxy groups -OCH3 is 1. The fourth-order valence-electron chi connectivity index (χ4n) is 3.41. The van der Waals surface area contributed by atoms with Gasteiger partial charge < -0.3 is 9.47 Å². The van der Waals surface area contributed by atoms with Crippen LogP contribution in [0.25, 0.3) is 10.8 Å². The van der Waals surface area contributed by atoms with Gasteiger partial charge in [-0.15, -0.1) is 11.3 Å². The third kappa shape index (κ3) is 4.78.